The average molecular weight is 250 g/mol. The lowest BCUT2D eigenvalue weighted by atomic mass is 9.94. The van der Waals surface area contributed by atoms with Gasteiger partial charge in [0.05, 0.1) is 5.56 Å². The van der Waals surface area contributed by atoms with Gasteiger partial charge in [-0.05, 0) is 33.1 Å². The van der Waals surface area contributed by atoms with Gasteiger partial charge in [-0.15, -0.1) is 0 Å². The maximum atomic E-state index is 12.5. The third-order valence-electron chi connectivity index (χ3n) is 4.03. The van der Waals surface area contributed by atoms with E-state index in [1.54, 1.807) is 0 Å². The fourth-order valence-electron chi connectivity index (χ4n) is 2.61. The minimum Gasteiger partial charge on any atom is -0.466 e. The van der Waals surface area contributed by atoms with Crippen LogP contribution in [0.4, 0.5) is 0 Å². The number of amides is 1. The molecule has 0 saturated carbocycles. The molecule has 0 radical (unpaired) electrons. The summed E-state index contributed by atoms with van der Waals surface area (Å²) in [6, 6.07) is 0.210. The van der Waals surface area contributed by atoms with Crippen LogP contribution in [0, 0.1) is 26.7 Å². The van der Waals surface area contributed by atoms with E-state index in [1.807, 2.05) is 25.7 Å². The normalized spacial score (nSPS) is 24.4. The van der Waals surface area contributed by atoms with Crippen LogP contribution in [0.2, 0.25) is 0 Å². The van der Waals surface area contributed by atoms with Crippen LogP contribution in [-0.2, 0) is 0 Å². The zero-order valence-electron chi connectivity index (χ0n) is 11.6. The van der Waals surface area contributed by atoms with Crippen molar-refractivity contribution in [1.82, 2.24) is 4.90 Å². The summed E-state index contributed by atoms with van der Waals surface area (Å²) in [5.74, 6) is 1.99. The Bertz CT molecular complexity index is 465. The number of aryl methyl sites for hydroxylation is 2. The zero-order chi connectivity index (χ0) is 13.4. The SMILES string of the molecule is Cc1oc(C)c(C(=O)N2CCC(N)C(C)C2)c1C. The number of nitrogens with zero attached hydrogens (tertiary/aromatic N) is 1. The van der Waals surface area contributed by atoms with Gasteiger partial charge in [0.2, 0.25) is 0 Å². The van der Waals surface area contributed by atoms with E-state index in [0.29, 0.717) is 5.92 Å². The van der Waals surface area contributed by atoms with Crippen LogP contribution in [0.15, 0.2) is 4.42 Å². The van der Waals surface area contributed by atoms with Crippen LogP contribution in [0.5, 0.6) is 0 Å². The van der Waals surface area contributed by atoms with E-state index >= 15 is 0 Å². The first-order valence-electron chi connectivity index (χ1n) is 6.53. The van der Waals surface area contributed by atoms with E-state index in [0.717, 1.165) is 42.2 Å². The van der Waals surface area contributed by atoms with Crippen LogP contribution in [0.1, 0.15) is 40.8 Å². The van der Waals surface area contributed by atoms with Gasteiger partial charge in [-0.25, -0.2) is 0 Å². The number of carbonyl (C=O) groups excluding carboxylic acids is 1. The van der Waals surface area contributed by atoms with Crippen molar-refractivity contribution >= 4 is 5.91 Å². The van der Waals surface area contributed by atoms with E-state index in [2.05, 4.69) is 6.92 Å². The molecule has 1 amide bonds. The molecular formula is C14H22N2O2. The third-order valence-corrected chi connectivity index (χ3v) is 4.03. The van der Waals surface area contributed by atoms with Crippen molar-refractivity contribution in [3.05, 3.63) is 22.6 Å². The zero-order valence-corrected chi connectivity index (χ0v) is 11.6. The number of carbonyl (C=O) groups is 1. The van der Waals surface area contributed by atoms with Crippen molar-refractivity contribution in [2.75, 3.05) is 13.1 Å². The average Bonchev–Trinajstić information content (AvgIpc) is 2.56. The Kier molecular flexibility index (Phi) is 3.48. The summed E-state index contributed by atoms with van der Waals surface area (Å²) in [5.41, 5.74) is 7.68. The second-order valence-corrected chi connectivity index (χ2v) is 5.40. The fourth-order valence-corrected chi connectivity index (χ4v) is 2.61. The molecule has 0 aliphatic carbocycles. The third kappa shape index (κ3) is 2.17. The largest absolute Gasteiger partial charge is 0.466 e. The maximum Gasteiger partial charge on any atom is 0.257 e. The molecule has 4 heteroatoms. The molecule has 4 nitrogen and oxygen atoms in total. The quantitative estimate of drug-likeness (QED) is 0.829. The summed E-state index contributed by atoms with van der Waals surface area (Å²) in [5, 5.41) is 0. The molecule has 100 valence electrons. The lowest BCUT2D eigenvalue weighted by molar-refractivity contribution is 0.0662. The van der Waals surface area contributed by atoms with Gasteiger partial charge in [-0.1, -0.05) is 6.92 Å². The molecule has 2 unspecified atom stereocenters. The highest BCUT2D eigenvalue weighted by Crippen LogP contribution is 2.24. The Morgan fingerprint density at radius 1 is 1.33 bits per heavy atom. The molecule has 2 N–H and O–H groups in total. The highest BCUT2D eigenvalue weighted by atomic mass is 16.3. The summed E-state index contributed by atoms with van der Waals surface area (Å²) in [6.07, 6.45) is 0.877. The predicted octanol–water partition coefficient (Wildman–Crippen LogP) is 2.01. The van der Waals surface area contributed by atoms with Gasteiger partial charge in [0.25, 0.3) is 5.91 Å². The van der Waals surface area contributed by atoms with Gasteiger partial charge < -0.3 is 15.1 Å². The first-order valence-corrected chi connectivity index (χ1v) is 6.53. The number of hydrogen-bond donors (Lipinski definition) is 1. The molecule has 0 bridgehead atoms. The standard InChI is InChI=1S/C14H22N2O2/c1-8-7-16(6-5-12(8)15)14(17)13-9(2)10(3)18-11(13)4/h8,12H,5-7,15H2,1-4H3. The van der Waals surface area contributed by atoms with Crippen LogP contribution < -0.4 is 5.73 Å². The number of likely N-dealkylation sites (tertiary alicyclic amines) is 1. The van der Waals surface area contributed by atoms with Gasteiger partial charge in [0, 0.05) is 24.7 Å². The topological polar surface area (TPSA) is 59.5 Å². The molecule has 1 saturated heterocycles. The van der Waals surface area contributed by atoms with E-state index in [4.69, 9.17) is 10.2 Å². The van der Waals surface area contributed by atoms with Gasteiger partial charge in [0.15, 0.2) is 0 Å². The Balaban J connectivity index is 2.21. The number of nitrogens with two attached hydrogens (primary N) is 1. The lowest BCUT2D eigenvalue weighted by Crippen LogP contribution is -2.48. The summed E-state index contributed by atoms with van der Waals surface area (Å²) < 4.78 is 5.53. The van der Waals surface area contributed by atoms with Crippen LogP contribution >= 0.6 is 0 Å². The molecule has 2 heterocycles. The molecule has 1 fully saturated rings. The summed E-state index contributed by atoms with van der Waals surface area (Å²) in [6.45, 7) is 9.28. The van der Waals surface area contributed by atoms with Gasteiger partial charge in [0.1, 0.15) is 11.5 Å². The van der Waals surface area contributed by atoms with E-state index in [9.17, 15) is 4.79 Å². The predicted molar refractivity (Wildman–Crippen MR) is 70.6 cm³/mol. The maximum absolute atomic E-state index is 12.5. The molecular weight excluding hydrogens is 228 g/mol. The van der Waals surface area contributed by atoms with Crippen molar-refractivity contribution in [2.45, 2.75) is 40.2 Å². The van der Waals surface area contributed by atoms with Crippen molar-refractivity contribution in [3.63, 3.8) is 0 Å². The minimum atomic E-state index is 0.0839. The minimum absolute atomic E-state index is 0.0839. The van der Waals surface area contributed by atoms with Crippen molar-refractivity contribution in [2.24, 2.45) is 11.7 Å². The van der Waals surface area contributed by atoms with E-state index in [-0.39, 0.29) is 11.9 Å². The van der Waals surface area contributed by atoms with Crippen molar-refractivity contribution in [1.29, 1.82) is 0 Å². The van der Waals surface area contributed by atoms with E-state index in [1.165, 1.54) is 0 Å². The summed E-state index contributed by atoms with van der Waals surface area (Å²) >= 11 is 0. The second kappa shape index (κ2) is 4.76. The molecule has 0 aromatic carbocycles. The highest BCUT2D eigenvalue weighted by molar-refractivity contribution is 5.97. The van der Waals surface area contributed by atoms with Gasteiger partial charge >= 0.3 is 0 Å². The molecule has 2 atom stereocenters. The lowest BCUT2D eigenvalue weighted by Gasteiger charge is -2.35. The first-order chi connectivity index (χ1) is 8.41. The van der Waals surface area contributed by atoms with Crippen molar-refractivity contribution in [3.8, 4) is 0 Å². The Morgan fingerprint density at radius 2 is 2.00 bits per heavy atom. The molecule has 1 aromatic heterocycles. The molecule has 0 spiro atoms. The molecule has 1 aromatic rings. The number of furan rings is 1. The Morgan fingerprint density at radius 3 is 2.50 bits per heavy atom. The highest BCUT2D eigenvalue weighted by Gasteiger charge is 2.29. The summed E-state index contributed by atoms with van der Waals surface area (Å²) in [7, 11) is 0. The number of piperidine rings is 1. The Hall–Kier alpha value is -1.29. The summed E-state index contributed by atoms with van der Waals surface area (Å²) in [4.78, 5) is 14.4. The van der Waals surface area contributed by atoms with Gasteiger partial charge in [-0.3, -0.25) is 4.79 Å². The van der Waals surface area contributed by atoms with E-state index < -0.39 is 0 Å². The monoisotopic (exact) mass is 250 g/mol. The first kappa shape index (κ1) is 13.1. The molecule has 2 rings (SSSR count). The smallest absolute Gasteiger partial charge is 0.257 e. The molecule has 1 aliphatic heterocycles. The number of hydrogen-bond acceptors (Lipinski definition) is 3. The van der Waals surface area contributed by atoms with Crippen LogP contribution in [0.25, 0.3) is 0 Å². The van der Waals surface area contributed by atoms with Gasteiger partial charge in [-0.2, -0.15) is 0 Å². The fraction of sp³-hybridized carbons (Fsp3) is 0.643. The Labute approximate surface area is 108 Å². The molecule has 18 heavy (non-hydrogen) atoms. The number of rotatable bonds is 1. The van der Waals surface area contributed by atoms with Crippen molar-refractivity contribution < 1.29 is 9.21 Å². The second-order valence-electron chi connectivity index (χ2n) is 5.40. The van der Waals surface area contributed by atoms with Crippen LogP contribution in [-0.4, -0.2) is 29.9 Å². The van der Waals surface area contributed by atoms with Crippen LogP contribution in [0.3, 0.4) is 0 Å². The molecule has 1 aliphatic rings.